The second-order valence-corrected chi connectivity index (χ2v) is 8.38. The quantitative estimate of drug-likeness (QED) is 0.798. The van der Waals surface area contributed by atoms with Gasteiger partial charge in [0.1, 0.15) is 0 Å². The molecule has 3 aliphatic rings. The molecule has 7 heteroatoms. The standard InChI is InChI=1S/C14H27N3O3S/c1-2-15-8-12-4-3-7-16(9-12)21(18,19)17-10-13-5-6-14(11-17)20-13/h12-15H,2-11H2,1H3. The summed E-state index contributed by atoms with van der Waals surface area (Å²) in [5.41, 5.74) is 0. The summed E-state index contributed by atoms with van der Waals surface area (Å²) in [6, 6.07) is 0. The SMILES string of the molecule is CCNCC1CCCN(S(=O)(=O)N2CC3CCC(C2)O3)C1. The number of nitrogens with one attached hydrogen (secondary N) is 1. The maximum absolute atomic E-state index is 12.9. The predicted octanol–water partition coefficient (Wildman–Crippen LogP) is 0.416. The Hall–Kier alpha value is -0.210. The minimum Gasteiger partial charge on any atom is -0.372 e. The van der Waals surface area contributed by atoms with Crippen molar-refractivity contribution in [2.75, 3.05) is 39.3 Å². The third-order valence-electron chi connectivity index (χ3n) is 4.83. The minimum absolute atomic E-state index is 0.112. The van der Waals surface area contributed by atoms with Gasteiger partial charge in [-0.2, -0.15) is 17.0 Å². The van der Waals surface area contributed by atoms with Crippen LogP contribution in [-0.2, 0) is 14.9 Å². The van der Waals surface area contributed by atoms with Crippen LogP contribution in [0.2, 0.25) is 0 Å². The Morgan fingerprint density at radius 2 is 1.81 bits per heavy atom. The molecule has 0 aromatic heterocycles. The highest BCUT2D eigenvalue weighted by molar-refractivity contribution is 7.86. The van der Waals surface area contributed by atoms with Crippen LogP contribution >= 0.6 is 0 Å². The molecule has 1 N–H and O–H groups in total. The number of morpholine rings is 1. The number of ether oxygens (including phenoxy) is 1. The number of hydrogen-bond acceptors (Lipinski definition) is 4. The molecule has 3 atom stereocenters. The fourth-order valence-corrected chi connectivity index (χ4v) is 5.48. The smallest absolute Gasteiger partial charge is 0.282 e. The van der Waals surface area contributed by atoms with Crippen molar-refractivity contribution in [1.82, 2.24) is 13.9 Å². The van der Waals surface area contributed by atoms with E-state index >= 15 is 0 Å². The number of nitrogens with zero attached hydrogens (tertiary/aromatic N) is 2. The van der Waals surface area contributed by atoms with Gasteiger partial charge >= 0.3 is 0 Å². The summed E-state index contributed by atoms with van der Waals surface area (Å²) in [6.45, 7) is 6.33. The lowest BCUT2D eigenvalue weighted by atomic mass is 10.00. The molecule has 3 aliphatic heterocycles. The van der Waals surface area contributed by atoms with E-state index in [1.165, 1.54) is 0 Å². The molecule has 3 heterocycles. The fraction of sp³-hybridized carbons (Fsp3) is 1.00. The first-order chi connectivity index (χ1) is 10.1. The van der Waals surface area contributed by atoms with Crippen LogP contribution < -0.4 is 5.32 Å². The molecule has 0 saturated carbocycles. The van der Waals surface area contributed by atoms with Gasteiger partial charge in [-0.25, -0.2) is 0 Å². The summed E-state index contributed by atoms with van der Waals surface area (Å²) in [7, 11) is -3.31. The molecule has 6 nitrogen and oxygen atoms in total. The highest BCUT2D eigenvalue weighted by Gasteiger charge is 2.41. The average molecular weight is 317 g/mol. The molecule has 0 amide bonds. The van der Waals surface area contributed by atoms with Crippen molar-refractivity contribution >= 4 is 10.2 Å². The lowest BCUT2D eigenvalue weighted by Crippen LogP contribution is -2.54. The number of hydrogen-bond donors (Lipinski definition) is 1. The summed E-state index contributed by atoms with van der Waals surface area (Å²) in [5, 5.41) is 3.34. The van der Waals surface area contributed by atoms with Crippen molar-refractivity contribution in [3.8, 4) is 0 Å². The molecule has 0 aliphatic carbocycles. The molecule has 21 heavy (non-hydrogen) atoms. The minimum atomic E-state index is -3.31. The zero-order valence-corrected chi connectivity index (χ0v) is 13.6. The third-order valence-corrected chi connectivity index (χ3v) is 6.76. The maximum atomic E-state index is 12.9. The van der Waals surface area contributed by atoms with Gasteiger partial charge in [-0.3, -0.25) is 0 Å². The van der Waals surface area contributed by atoms with Crippen LogP contribution in [0.3, 0.4) is 0 Å². The second kappa shape index (κ2) is 6.50. The van der Waals surface area contributed by atoms with Crippen LogP contribution in [0.5, 0.6) is 0 Å². The first-order valence-corrected chi connectivity index (χ1v) is 9.60. The van der Waals surface area contributed by atoms with Gasteiger partial charge in [0.15, 0.2) is 0 Å². The summed E-state index contributed by atoms with van der Waals surface area (Å²) < 4.78 is 34.8. The Morgan fingerprint density at radius 1 is 1.10 bits per heavy atom. The van der Waals surface area contributed by atoms with Crippen molar-refractivity contribution < 1.29 is 13.2 Å². The van der Waals surface area contributed by atoms with Gasteiger partial charge in [0.05, 0.1) is 12.2 Å². The Morgan fingerprint density at radius 3 is 2.48 bits per heavy atom. The van der Waals surface area contributed by atoms with E-state index in [0.29, 0.717) is 32.1 Å². The van der Waals surface area contributed by atoms with Crippen molar-refractivity contribution in [1.29, 1.82) is 0 Å². The average Bonchev–Trinajstić information content (AvgIpc) is 2.83. The van der Waals surface area contributed by atoms with E-state index in [9.17, 15) is 8.42 Å². The van der Waals surface area contributed by atoms with E-state index in [2.05, 4.69) is 12.2 Å². The number of piperidine rings is 1. The van der Waals surface area contributed by atoms with Crippen molar-refractivity contribution in [2.24, 2.45) is 5.92 Å². The van der Waals surface area contributed by atoms with Crippen molar-refractivity contribution in [3.63, 3.8) is 0 Å². The Labute approximate surface area is 128 Å². The van der Waals surface area contributed by atoms with Gasteiger partial charge in [-0.1, -0.05) is 6.92 Å². The fourth-order valence-electron chi connectivity index (χ4n) is 3.68. The normalized spacial score (nSPS) is 35.2. The van der Waals surface area contributed by atoms with Crippen molar-refractivity contribution in [2.45, 2.75) is 44.8 Å². The topological polar surface area (TPSA) is 61.9 Å². The predicted molar refractivity (Wildman–Crippen MR) is 81.2 cm³/mol. The summed E-state index contributed by atoms with van der Waals surface area (Å²) >= 11 is 0. The van der Waals surface area contributed by atoms with Crippen LogP contribution in [0.25, 0.3) is 0 Å². The van der Waals surface area contributed by atoms with Crippen LogP contribution in [0.4, 0.5) is 0 Å². The molecule has 3 fully saturated rings. The van der Waals surface area contributed by atoms with Gasteiger partial charge in [0, 0.05) is 26.2 Å². The Bertz CT molecular complexity index is 444. The Kier molecular flexibility index (Phi) is 4.85. The molecule has 0 aromatic carbocycles. The first-order valence-electron chi connectivity index (χ1n) is 8.21. The molecular formula is C14H27N3O3S. The van der Waals surface area contributed by atoms with E-state index in [0.717, 1.165) is 38.8 Å². The molecule has 0 spiro atoms. The van der Waals surface area contributed by atoms with Crippen molar-refractivity contribution in [3.05, 3.63) is 0 Å². The monoisotopic (exact) mass is 317 g/mol. The molecule has 3 rings (SSSR count). The lowest BCUT2D eigenvalue weighted by molar-refractivity contribution is -0.0135. The molecule has 0 radical (unpaired) electrons. The molecule has 0 aromatic rings. The van der Waals surface area contributed by atoms with Crippen LogP contribution in [0.15, 0.2) is 0 Å². The molecule has 122 valence electrons. The third kappa shape index (κ3) is 3.42. The van der Waals surface area contributed by atoms with E-state index in [1.54, 1.807) is 8.61 Å². The zero-order valence-electron chi connectivity index (χ0n) is 12.8. The van der Waals surface area contributed by atoms with Gasteiger partial charge in [0.2, 0.25) is 0 Å². The van der Waals surface area contributed by atoms with Gasteiger partial charge in [-0.15, -0.1) is 0 Å². The Balaban J connectivity index is 1.63. The van der Waals surface area contributed by atoms with Gasteiger partial charge < -0.3 is 10.1 Å². The zero-order chi connectivity index (χ0) is 14.9. The highest BCUT2D eigenvalue weighted by Crippen LogP contribution is 2.30. The summed E-state index contributed by atoms with van der Waals surface area (Å²) in [5.74, 6) is 0.436. The van der Waals surface area contributed by atoms with E-state index in [4.69, 9.17) is 4.74 Å². The molecular weight excluding hydrogens is 290 g/mol. The maximum Gasteiger partial charge on any atom is 0.282 e. The van der Waals surface area contributed by atoms with Crippen LogP contribution in [-0.4, -0.2) is 68.5 Å². The van der Waals surface area contributed by atoms with Gasteiger partial charge in [-0.05, 0) is 44.7 Å². The van der Waals surface area contributed by atoms with E-state index < -0.39 is 10.2 Å². The van der Waals surface area contributed by atoms with Gasteiger partial charge in [0.25, 0.3) is 10.2 Å². The number of rotatable bonds is 5. The van der Waals surface area contributed by atoms with E-state index in [-0.39, 0.29) is 12.2 Å². The second-order valence-electron chi connectivity index (χ2n) is 6.46. The lowest BCUT2D eigenvalue weighted by Gasteiger charge is -2.38. The molecule has 3 saturated heterocycles. The molecule has 3 unspecified atom stereocenters. The largest absolute Gasteiger partial charge is 0.372 e. The summed E-state index contributed by atoms with van der Waals surface area (Å²) in [6.07, 6.45) is 4.31. The van der Waals surface area contributed by atoms with Crippen LogP contribution in [0.1, 0.15) is 32.6 Å². The highest BCUT2D eigenvalue weighted by atomic mass is 32.2. The van der Waals surface area contributed by atoms with E-state index in [1.807, 2.05) is 0 Å². The first kappa shape index (κ1) is 15.7. The van der Waals surface area contributed by atoms with Crippen LogP contribution in [0, 0.1) is 5.92 Å². The molecule has 2 bridgehead atoms. The summed E-state index contributed by atoms with van der Waals surface area (Å²) in [4.78, 5) is 0. The number of fused-ring (bicyclic) bond motifs is 2.